The second kappa shape index (κ2) is 5.64. The lowest BCUT2D eigenvalue weighted by atomic mass is 9.91. The molecule has 1 aromatic rings. The summed E-state index contributed by atoms with van der Waals surface area (Å²) in [5, 5.41) is 9.11. The fourth-order valence-corrected chi connectivity index (χ4v) is 3.28. The van der Waals surface area contributed by atoms with E-state index >= 15 is 0 Å². The fourth-order valence-electron chi connectivity index (χ4n) is 2.71. The standard InChI is InChI=1S/C15H17BrO4/c16-12-6-10(11(8-14(17)18)9-2-3-9)7-13-15(12)20-5-1-4-19-13/h6-7,9,11H,1-5,8H2,(H,17,18). The van der Waals surface area contributed by atoms with Crippen LogP contribution in [0.5, 0.6) is 11.5 Å². The van der Waals surface area contributed by atoms with Gasteiger partial charge in [-0.3, -0.25) is 4.79 Å². The van der Waals surface area contributed by atoms with Gasteiger partial charge in [0.2, 0.25) is 0 Å². The highest BCUT2D eigenvalue weighted by Crippen LogP contribution is 2.48. The Balaban J connectivity index is 1.94. The Morgan fingerprint density at radius 2 is 2.10 bits per heavy atom. The Hall–Kier alpha value is -1.23. The van der Waals surface area contributed by atoms with Crippen molar-refractivity contribution in [2.24, 2.45) is 5.92 Å². The third-order valence-corrected chi connectivity index (χ3v) is 4.43. The van der Waals surface area contributed by atoms with Crippen LogP contribution in [-0.4, -0.2) is 24.3 Å². The number of carboxylic acids is 1. The number of fused-ring (bicyclic) bond motifs is 1. The first kappa shape index (κ1) is 13.7. The van der Waals surface area contributed by atoms with Gasteiger partial charge in [0.25, 0.3) is 0 Å². The molecule has 2 aliphatic rings. The summed E-state index contributed by atoms with van der Waals surface area (Å²) in [6.45, 7) is 1.28. The van der Waals surface area contributed by atoms with Crippen molar-refractivity contribution in [1.29, 1.82) is 0 Å². The van der Waals surface area contributed by atoms with Crippen molar-refractivity contribution < 1.29 is 19.4 Å². The van der Waals surface area contributed by atoms with Crippen LogP contribution < -0.4 is 9.47 Å². The maximum atomic E-state index is 11.1. The predicted octanol–water partition coefficient (Wildman–Crippen LogP) is 3.58. The minimum Gasteiger partial charge on any atom is -0.490 e. The third kappa shape index (κ3) is 2.92. The summed E-state index contributed by atoms with van der Waals surface area (Å²) in [5.41, 5.74) is 1.03. The van der Waals surface area contributed by atoms with Crippen LogP contribution in [0.1, 0.15) is 37.2 Å². The number of ether oxygens (including phenoxy) is 2. The summed E-state index contributed by atoms with van der Waals surface area (Å²) >= 11 is 3.52. The average Bonchev–Trinajstić information content (AvgIpc) is 3.22. The SMILES string of the molecule is O=C(O)CC(c1cc(Br)c2c(c1)OCCCO2)C1CC1. The average molecular weight is 341 g/mol. The van der Waals surface area contributed by atoms with E-state index in [0.717, 1.165) is 40.8 Å². The molecule has 0 spiro atoms. The zero-order chi connectivity index (χ0) is 14.1. The number of benzene rings is 1. The highest BCUT2D eigenvalue weighted by Gasteiger charge is 2.34. The Kier molecular flexibility index (Phi) is 3.87. The summed E-state index contributed by atoms with van der Waals surface area (Å²) in [6, 6.07) is 3.94. The zero-order valence-electron chi connectivity index (χ0n) is 11.1. The van der Waals surface area contributed by atoms with Crippen LogP contribution in [-0.2, 0) is 4.79 Å². The van der Waals surface area contributed by atoms with E-state index < -0.39 is 5.97 Å². The van der Waals surface area contributed by atoms with Gasteiger partial charge in [0, 0.05) is 6.42 Å². The van der Waals surface area contributed by atoms with E-state index in [0.29, 0.717) is 19.1 Å². The normalized spacial score (nSPS) is 19.2. The number of halogens is 1. The molecule has 1 saturated carbocycles. The second-order valence-electron chi connectivity index (χ2n) is 5.42. The molecule has 1 aliphatic carbocycles. The Morgan fingerprint density at radius 3 is 2.80 bits per heavy atom. The van der Waals surface area contributed by atoms with Gasteiger partial charge in [-0.1, -0.05) is 0 Å². The van der Waals surface area contributed by atoms with Crippen LogP contribution in [0.15, 0.2) is 16.6 Å². The van der Waals surface area contributed by atoms with Crippen molar-refractivity contribution in [3.8, 4) is 11.5 Å². The maximum Gasteiger partial charge on any atom is 0.303 e. The summed E-state index contributed by atoms with van der Waals surface area (Å²) in [5.74, 6) is 1.27. The third-order valence-electron chi connectivity index (χ3n) is 3.84. The van der Waals surface area contributed by atoms with Crippen LogP contribution in [0.2, 0.25) is 0 Å². The minimum atomic E-state index is -0.745. The summed E-state index contributed by atoms with van der Waals surface area (Å²) in [4.78, 5) is 11.1. The first-order chi connectivity index (χ1) is 9.65. The van der Waals surface area contributed by atoms with E-state index in [1.807, 2.05) is 12.1 Å². The molecule has 1 fully saturated rings. The smallest absolute Gasteiger partial charge is 0.303 e. The Labute approximate surface area is 126 Å². The van der Waals surface area contributed by atoms with Crippen molar-refractivity contribution in [3.05, 3.63) is 22.2 Å². The van der Waals surface area contributed by atoms with Gasteiger partial charge < -0.3 is 14.6 Å². The summed E-state index contributed by atoms with van der Waals surface area (Å²) in [6.07, 6.45) is 3.27. The molecule has 0 bridgehead atoms. The molecule has 5 heteroatoms. The quantitative estimate of drug-likeness (QED) is 0.910. The molecule has 3 rings (SSSR count). The highest BCUT2D eigenvalue weighted by atomic mass is 79.9. The van der Waals surface area contributed by atoms with Crippen molar-refractivity contribution >= 4 is 21.9 Å². The van der Waals surface area contributed by atoms with Crippen molar-refractivity contribution in [2.75, 3.05) is 13.2 Å². The minimum absolute atomic E-state index is 0.0703. The van der Waals surface area contributed by atoms with Crippen LogP contribution in [0.25, 0.3) is 0 Å². The molecule has 1 unspecified atom stereocenters. The van der Waals surface area contributed by atoms with E-state index in [-0.39, 0.29) is 12.3 Å². The molecule has 0 radical (unpaired) electrons. The molecule has 0 aromatic heterocycles. The highest BCUT2D eigenvalue weighted by molar-refractivity contribution is 9.10. The summed E-state index contributed by atoms with van der Waals surface area (Å²) in [7, 11) is 0. The largest absolute Gasteiger partial charge is 0.490 e. The van der Waals surface area contributed by atoms with Gasteiger partial charge in [0.05, 0.1) is 24.1 Å². The maximum absolute atomic E-state index is 11.1. The Bertz CT molecular complexity index is 525. The molecule has 0 saturated heterocycles. The van der Waals surface area contributed by atoms with E-state index in [1.165, 1.54) is 0 Å². The molecule has 4 nitrogen and oxygen atoms in total. The molecular formula is C15H17BrO4. The number of aliphatic carboxylic acids is 1. The van der Waals surface area contributed by atoms with E-state index in [9.17, 15) is 4.79 Å². The molecule has 20 heavy (non-hydrogen) atoms. The summed E-state index contributed by atoms with van der Waals surface area (Å²) < 4.78 is 12.3. The first-order valence-electron chi connectivity index (χ1n) is 6.96. The molecule has 1 atom stereocenters. The van der Waals surface area contributed by atoms with Crippen LogP contribution in [0, 0.1) is 5.92 Å². The van der Waals surface area contributed by atoms with E-state index in [4.69, 9.17) is 14.6 Å². The fraction of sp³-hybridized carbons (Fsp3) is 0.533. The van der Waals surface area contributed by atoms with E-state index in [2.05, 4.69) is 15.9 Å². The van der Waals surface area contributed by atoms with Gasteiger partial charge in [-0.05, 0) is 58.3 Å². The molecular weight excluding hydrogens is 324 g/mol. The monoisotopic (exact) mass is 340 g/mol. The van der Waals surface area contributed by atoms with Crippen molar-refractivity contribution in [2.45, 2.75) is 31.6 Å². The van der Waals surface area contributed by atoms with Gasteiger partial charge >= 0.3 is 5.97 Å². The number of hydrogen-bond acceptors (Lipinski definition) is 3. The lowest BCUT2D eigenvalue weighted by Gasteiger charge is -2.18. The molecule has 1 aliphatic heterocycles. The van der Waals surface area contributed by atoms with Crippen molar-refractivity contribution in [3.63, 3.8) is 0 Å². The lowest BCUT2D eigenvalue weighted by Crippen LogP contribution is -2.09. The van der Waals surface area contributed by atoms with Crippen LogP contribution >= 0.6 is 15.9 Å². The topological polar surface area (TPSA) is 55.8 Å². The van der Waals surface area contributed by atoms with Gasteiger partial charge in [-0.25, -0.2) is 0 Å². The molecule has 0 amide bonds. The predicted molar refractivity (Wildman–Crippen MR) is 77.5 cm³/mol. The number of hydrogen-bond donors (Lipinski definition) is 1. The van der Waals surface area contributed by atoms with Gasteiger partial charge in [0.1, 0.15) is 0 Å². The van der Waals surface area contributed by atoms with E-state index in [1.54, 1.807) is 0 Å². The molecule has 1 N–H and O–H groups in total. The van der Waals surface area contributed by atoms with Gasteiger partial charge in [-0.2, -0.15) is 0 Å². The Morgan fingerprint density at radius 1 is 1.35 bits per heavy atom. The first-order valence-corrected chi connectivity index (χ1v) is 7.75. The molecule has 1 aromatic carbocycles. The van der Waals surface area contributed by atoms with Crippen LogP contribution in [0.3, 0.4) is 0 Å². The number of carbonyl (C=O) groups is 1. The van der Waals surface area contributed by atoms with Crippen molar-refractivity contribution in [1.82, 2.24) is 0 Å². The molecule has 108 valence electrons. The number of rotatable bonds is 4. The van der Waals surface area contributed by atoms with Crippen LogP contribution in [0.4, 0.5) is 0 Å². The molecule has 1 heterocycles. The van der Waals surface area contributed by atoms with Gasteiger partial charge in [0.15, 0.2) is 11.5 Å². The number of carboxylic acid groups (broad SMARTS) is 1. The van der Waals surface area contributed by atoms with Gasteiger partial charge in [-0.15, -0.1) is 0 Å². The lowest BCUT2D eigenvalue weighted by molar-refractivity contribution is -0.137. The zero-order valence-corrected chi connectivity index (χ0v) is 12.7. The second-order valence-corrected chi connectivity index (χ2v) is 6.28.